The summed E-state index contributed by atoms with van der Waals surface area (Å²) in [7, 11) is 0. The molecule has 0 saturated carbocycles. The van der Waals surface area contributed by atoms with Crippen molar-refractivity contribution in [3.05, 3.63) is 70.1 Å². The van der Waals surface area contributed by atoms with E-state index in [2.05, 4.69) is 44.8 Å². The van der Waals surface area contributed by atoms with Crippen molar-refractivity contribution in [3.63, 3.8) is 0 Å². The van der Waals surface area contributed by atoms with Gasteiger partial charge in [0.15, 0.2) is 0 Å². The normalized spacial score (nSPS) is 11.1. The SMILES string of the molecule is Cc1occc1-c1nnc(SCc2csc(Cc3ccccc3)n2)o1. The van der Waals surface area contributed by atoms with E-state index >= 15 is 0 Å². The maximum atomic E-state index is 5.69. The maximum absolute atomic E-state index is 5.69. The molecular formula is C18H15N3O2S2. The van der Waals surface area contributed by atoms with Gasteiger partial charge < -0.3 is 8.83 Å². The van der Waals surface area contributed by atoms with Crippen LogP contribution in [0.2, 0.25) is 0 Å². The highest BCUT2D eigenvalue weighted by molar-refractivity contribution is 7.98. The zero-order chi connectivity index (χ0) is 17.1. The van der Waals surface area contributed by atoms with Crippen LogP contribution in [0.5, 0.6) is 0 Å². The molecule has 0 unspecified atom stereocenters. The summed E-state index contributed by atoms with van der Waals surface area (Å²) >= 11 is 3.17. The highest BCUT2D eigenvalue weighted by atomic mass is 32.2. The van der Waals surface area contributed by atoms with Crippen LogP contribution in [0.25, 0.3) is 11.5 Å². The third-order valence-corrected chi connectivity index (χ3v) is 5.39. The molecule has 126 valence electrons. The molecule has 1 aromatic carbocycles. The van der Waals surface area contributed by atoms with Gasteiger partial charge in [-0.25, -0.2) is 4.98 Å². The Bertz CT molecular complexity index is 960. The van der Waals surface area contributed by atoms with Crippen LogP contribution >= 0.6 is 23.1 Å². The first-order chi connectivity index (χ1) is 12.3. The summed E-state index contributed by atoms with van der Waals surface area (Å²) in [4.78, 5) is 4.68. The average Bonchev–Trinajstić information content (AvgIpc) is 3.35. The summed E-state index contributed by atoms with van der Waals surface area (Å²) < 4.78 is 11.0. The average molecular weight is 369 g/mol. The minimum Gasteiger partial charge on any atom is -0.469 e. The molecule has 0 radical (unpaired) electrons. The van der Waals surface area contributed by atoms with Crippen LogP contribution < -0.4 is 0 Å². The Hall–Kier alpha value is -2.38. The van der Waals surface area contributed by atoms with Crippen LogP contribution in [0.15, 0.2) is 62.1 Å². The molecule has 0 amide bonds. The number of thioether (sulfide) groups is 1. The van der Waals surface area contributed by atoms with Crippen molar-refractivity contribution in [2.45, 2.75) is 24.3 Å². The lowest BCUT2D eigenvalue weighted by Crippen LogP contribution is -1.88. The lowest BCUT2D eigenvalue weighted by Gasteiger charge is -1.96. The minimum atomic E-state index is 0.483. The van der Waals surface area contributed by atoms with E-state index in [0.29, 0.717) is 16.9 Å². The lowest BCUT2D eigenvalue weighted by molar-refractivity contribution is 0.463. The first-order valence-corrected chi connectivity index (χ1v) is 9.62. The third-order valence-electron chi connectivity index (χ3n) is 3.64. The first-order valence-electron chi connectivity index (χ1n) is 7.76. The minimum absolute atomic E-state index is 0.483. The van der Waals surface area contributed by atoms with Gasteiger partial charge in [-0.05, 0) is 18.6 Å². The van der Waals surface area contributed by atoms with Crippen molar-refractivity contribution < 1.29 is 8.83 Å². The smallest absolute Gasteiger partial charge is 0.277 e. The molecule has 25 heavy (non-hydrogen) atoms. The van der Waals surface area contributed by atoms with Gasteiger partial charge in [0.1, 0.15) is 5.76 Å². The zero-order valence-corrected chi connectivity index (χ0v) is 15.1. The fraction of sp³-hybridized carbons (Fsp3) is 0.167. The van der Waals surface area contributed by atoms with Crippen LogP contribution in [0.1, 0.15) is 22.0 Å². The quantitative estimate of drug-likeness (QED) is 0.447. The lowest BCUT2D eigenvalue weighted by atomic mass is 10.2. The van der Waals surface area contributed by atoms with Crippen LogP contribution in [0.3, 0.4) is 0 Å². The highest BCUT2D eigenvalue weighted by Crippen LogP contribution is 2.28. The second-order valence-electron chi connectivity index (χ2n) is 5.45. The molecule has 7 heteroatoms. The second-order valence-corrected chi connectivity index (χ2v) is 7.32. The number of aryl methyl sites for hydroxylation is 1. The molecule has 4 rings (SSSR count). The molecule has 0 bridgehead atoms. The predicted molar refractivity (Wildman–Crippen MR) is 97.7 cm³/mol. The van der Waals surface area contributed by atoms with E-state index < -0.39 is 0 Å². The zero-order valence-electron chi connectivity index (χ0n) is 13.5. The van der Waals surface area contributed by atoms with E-state index in [1.54, 1.807) is 17.6 Å². The monoisotopic (exact) mass is 369 g/mol. The van der Waals surface area contributed by atoms with E-state index in [4.69, 9.17) is 8.83 Å². The van der Waals surface area contributed by atoms with Gasteiger partial charge in [-0.3, -0.25) is 0 Å². The summed E-state index contributed by atoms with van der Waals surface area (Å²) in [6.07, 6.45) is 2.48. The summed E-state index contributed by atoms with van der Waals surface area (Å²) in [5, 5.41) is 11.9. The number of rotatable bonds is 6. The molecular weight excluding hydrogens is 354 g/mol. The fourth-order valence-corrected chi connectivity index (χ4v) is 3.98. The number of benzene rings is 1. The topological polar surface area (TPSA) is 65.0 Å². The molecule has 0 saturated heterocycles. The molecule has 0 N–H and O–H groups in total. The van der Waals surface area contributed by atoms with Crippen molar-refractivity contribution in [2.24, 2.45) is 0 Å². The molecule has 3 aromatic heterocycles. The molecule has 0 spiro atoms. The summed E-state index contributed by atoms with van der Waals surface area (Å²) in [5.41, 5.74) is 3.13. The van der Waals surface area contributed by atoms with E-state index in [9.17, 15) is 0 Å². The summed E-state index contributed by atoms with van der Waals surface area (Å²) in [6, 6.07) is 12.2. The van der Waals surface area contributed by atoms with Crippen LogP contribution in [0, 0.1) is 6.92 Å². The van der Waals surface area contributed by atoms with E-state index in [1.165, 1.54) is 17.3 Å². The van der Waals surface area contributed by atoms with Crippen molar-refractivity contribution in [3.8, 4) is 11.5 Å². The van der Waals surface area contributed by atoms with Crippen molar-refractivity contribution in [1.29, 1.82) is 0 Å². The predicted octanol–water partition coefficient (Wildman–Crippen LogP) is 4.98. The Balaban J connectivity index is 1.38. The Morgan fingerprint density at radius 3 is 2.80 bits per heavy atom. The van der Waals surface area contributed by atoms with Crippen molar-refractivity contribution in [1.82, 2.24) is 15.2 Å². The number of furan rings is 1. The Morgan fingerprint density at radius 2 is 2.00 bits per heavy atom. The van der Waals surface area contributed by atoms with Gasteiger partial charge in [-0.2, -0.15) is 0 Å². The number of nitrogens with zero attached hydrogens (tertiary/aromatic N) is 3. The standard InChI is InChI=1S/C18H15N3O2S2/c1-12-15(7-8-22-12)17-20-21-18(23-17)25-11-14-10-24-16(19-14)9-13-5-3-2-4-6-13/h2-8,10H,9,11H2,1H3. The number of thiazole rings is 1. The van der Waals surface area contributed by atoms with Crippen LogP contribution in [-0.2, 0) is 12.2 Å². The van der Waals surface area contributed by atoms with E-state index in [1.807, 2.05) is 19.1 Å². The fourth-order valence-electron chi connectivity index (χ4n) is 2.39. The molecule has 4 aromatic rings. The van der Waals surface area contributed by atoms with Crippen LogP contribution in [-0.4, -0.2) is 15.2 Å². The molecule has 0 aliphatic rings. The molecule has 0 atom stereocenters. The molecule has 0 aliphatic heterocycles. The van der Waals surface area contributed by atoms with Gasteiger partial charge in [0.2, 0.25) is 0 Å². The number of hydrogen-bond donors (Lipinski definition) is 0. The highest BCUT2D eigenvalue weighted by Gasteiger charge is 2.14. The van der Waals surface area contributed by atoms with Gasteiger partial charge in [0.05, 0.1) is 22.5 Å². The van der Waals surface area contributed by atoms with E-state index in [-0.39, 0.29) is 0 Å². The number of hydrogen-bond acceptors (Lipinski definition) is 7. The molecule has 0 fully saturated rings. The Labute approximate surface area is 153 Å². The van der Waals surface area contributed by atoms with Gasteiger partial charge in [-0.1, -0.05) is 42.1 Å². The van der Waals surface area contributed by atoms with E-state index in [0.717, 1.165) is 28.4 Å². The van der Waals surface area contributed by atoms with Gasteiger partial charge in [0, 0.05) is 17.6 Å². The van der Waals surface area contributed by atoms with Crippen molar-refractivity contribution in [2.75, 3.05) is 0 Å². The summed E-state index contributed by atoms with van der Waals surface area (Å²) in [5.74, 6) is 1.96. The number of aromatic nitrogens is 3. The van der Waals surface area contributed by atoms with Crippen LogP contribution in [0.4, 0.5) is 0 Å². The molecule has 3 heterocycles. The molecule has 0 aliphatic carbocycles. The second kappa shape index (κ2) is 7.25. The third kappa shape index (κ3) is 3.83. The Kier molecular flexibility index (Phi) is 4.67. The largest absolute Gasteiger partial charge is 0.469 e. The van der Waals surface area contributed by atoms with Crippen molar-refractivity contribution >= 4 is 23.1 Å². The molecule has 5 nitrogen and oxygen atoms in total. The maximum Gasteiger partial charge on any atom is 0.277 e. The van der Waals surface area contributed by atoms with Gasteiger partial charge in [-0.15, -0.1) is 21.5 Å². The first kappa shape index (κ1) is 16.1. The van der Waals surface area contributed by atoms with Gasteiger partial charge in [0.25, 0.3) is 11.1 Å². The van der Waals surface area contributed by atoms with Gasteiger partial charge >= 0.3 is 0 Å². The Morgan fingerprint density at radius 1 is 1.12 bits per heavy atom. The summed E-state index contributed by atoms with van der Waals surface area (Å²) in [6.45, 7) is 1.87.